The Morgan fingerprint density at radius 2 is 2.16 bits per heavy atom. The van der Waals surface area contributed by atoms with Crippen molar-refractivity contribution in [2.75, 3.05) is 6.54 Å². The molecule has 1 nitrogen and oxygen atoms in total. The summed E-state index contributed by atoms with van der Waals surface area (Å²) in [5, 5.41) is 5.41. The van der Waals surface area contributed by atoms with Crippen LogP contribution in [0.4, 0.5) is 4.39 Å². The lowest BCUT2D eigenvalue weighted by molar-refractivity contribution is 0.510. The summed E-state index contributed by atoms with van der Waals surface area (Å²) in [4.78, 5) is 1.23. The molecule has 0 fully saturated rings. The van der Waals surface area contributed by atoms with Gasteiger partial charge in [-0.05, 0) is 50.5 Å². The molecule has 1 aromatic carbocycles. The zero-order valence-electron chi connectivity index (χ0n) is 10.4. The SMILES string of the molecule is CCNC(Cc1cc(Br)cs1)c1cccc(Br)c1F. The van der Waals surface area contributed by atoms with Crippen molar-refractivity contribution in [3.8, 4) is 0 Å². The highest BCUT2D eigenvalue weighted by atomic mass is 79.9. The number of hydrogen-bond donors (Lipinski definition) is 1. The molecule has 0 saturated carbocycles. The molecule has 0 aliphatic rings. The third-order valence-electron chi connectivity index (χ3n) is 2.83. The van der Waals surface area contributed by atoms with Gasteiger partial charge in [-0.3, -0.25) is 0 Å². The second-order valence-corrected chi connectivity index (χ2v) is 6.95. The van der Waals surface area contributed by atoms with Crippen molar-refractivity contribution in [1.29, 1.82) is 0 Å². The van der Waals surface area contributed by atoms with Crippen LogP contribution in [0.15, 0.2) is 38.6 Å². The molecule has 1 heterocycles. The van der Waals surface area contributed by atoms with E-state index in [1.54, 1.807) is 17.4 Å². The van der Waals surface area contributed by atoms with Gasteiger partial charge < -0.3 is 5.32 Å². The largest absolute Gasteiger partial charge is 0.310 e. The van der Waals surface area contributed by atoms with Crippen LogP contribution in [0, 0.1) is 5.82 Å². The first-order valence-electron chi connectivity index (χ1n) is 6.02. The topological polar surface area (TPSA) is 12.0 Å². The van der Waals surface area contributed by atoms with Crippen molar-refractivity contribution in [3.63, 3.8) is 0 Å². The molecule has 0 radical (unpaired) electrons. The Bertz CT molecular complexity index is 556. The minimum atomic E-state index is -0.177. The summed E-state index contributed by atoms with van der Waals surface area (Å²) < 4.78 is 15.8. The molecule has 0 saturated heterocycles. The molecule has 0 aliphatic carbocycles. The first kappa shape index (κ1) is 15.2. The molecule has 1 atom stereocenters. The van der Waals surface area contributed by atoms with Crippen LogP contribution in [0.25, 0.3) is 0 Å². The molecular weight excluding hydrogens is 393 g/mol. The molecule has 0 bridgehead atoms. The fourth-order valence-electron chi connectivity index (χ4n) is 1.99. The van der Waals surface area contributed by atoms with Gasteiger partial charge in [-0.1, -0.05) is 19.1 Å². The van der Waals surface area contributed by atoms with Crippen LogP contribution >= 0.6 is 43.2 Å². The lowest BCUT2D eigenvalue weighted by Gasteiger charge is -2.18. The van der Waals surface area contributed by atoms with E-state index in [1.165, 1.54) is 4.88 Å². The Morgan fingerprint density at radius 1 is 1.37 bits per heavy atom. The van der Waals surface area contributed by atoms with E-state index < -0.39 is 0 Å². The van der Waals surface area contributed by atoms with Crippen molar-refractivity contribution in [3.05, 3.63) is 54.8 Å². The summed E-state index contributed by atoms with van der Waals surface area (Å²) >= 11 is 8.39. The summed E-state index contributed by atoms with van der Waals surface area (Å²) in [5.74, 6) is -0.177. The van der Waals surface area contributed by atoms with E-state index in [4.69, 9.17) is 0 Å². The Hall–Kier alpha value is -0.230. The maximum Gasteiger partial charge on any atom is 0.142 e. The zero-order valence-corrected chi connectivity index (χ0v) is 14.4. The number of hydrogen-bond acceptors (Lipinski definition) is 2. The normalized spacial score (nSPS) is 12.6. The van der Waals surface area contributed by atoms with E-state index in [-0.39, 0.29) is 11.9 Å². The molecular formula is C14H14Br2FNS. The molecule has 2 rings (SSSR count). The van der Waals surface area contributed by atoms with Gasteiger partial charge >= 0.3 is 0 Å². The molecule has 19 heavy (non-hydrogen) atoms. The molecule has 1 N–H and O–H groups in total. The van der Waals surface area contributed by atoms with Gasteiger partial charge in [0.15, 0.2) is 0 Å². The molecule has 102 valence electrons. The summed E-state index contributed by atoms with van der Waals surface area (Å²) in [7, 11) is 0. The van der Waals surface area contributed by atoms with Crippen molar-refractivity contribution < 1.29 is 4.39 Å². The Morgan fingerprint density at radius 3 is 2.79 bits per heavy atom. The summed E-state index contributed by atoms with van der Waals surface area (Å²) in [6.45, 7) is 2.84. The number of nitrogens with one attached hydrogen (secondary N) is 1. The number of benzene rings is 1. The van der Waals surface area contributed by atoms with Crippen LogP contribution in [0.5, 0.6) is 0 Å². The average molecular weight is 407 g/mol. The smallest absolute Gasteiger partial charge is 0.142 e. The Balaban J connectivity index is 2.26. The van der Waals surface area contributed by atoms with E-state index in [2.05, 4.69) is 48.6 Å². The van der Waals surface area contributed by atoms with Crippen LogP contribution in [0.3, 0.4) is 0 Å². The van der Waals surface area contributed by atoms with E-state index in [0.29, 0.717) is 10.0 Å². The highest BCUT2D eigenvalue weighted by Crippen LogP contribution is 2.29. The highest BCUT2D eigenvalue weighted by Gasteiger charge is 2.17. The van der Waals surface area contributed by atoms with Crippen LogP contribution < -0.4 is 5.32 Å². The van der Waals surface area contributed by atoms with Crippen molar-refractivity contribution in [1.82, 2.24) is 5.32 Å². The quantitative estimate of drug-likeness (QED) is 0.709. The standard InChI is InChI=1S/C14H14Br2FNS/c1-2-18-13(7-10-6-9(15)8-19-10)11-4-3-5-12(16)14(11)17/h3-6,8,13,18H,2,7H2,1H3. The van der Waals surface area contributed by atoms with Gasteiger partial charge in [0.25, 0.3) is 0 Å². The molecule has 1 aromatic heterocycles. The first-order valence-corrected chi connectivity index (χ1v) is 8.48. The Labute approximate surface area is 133 Å². The molecule has 0 spiro atoms. The Kier molecular flexibility index (Phi) is 5.57. The van der Waals surface area contributed by atoms with Crippen molar-refractivity contribution in [2.24, 2.45) is 0 Å². The van der Waals surface area contributed by atoms with Crippen LogP contribution in [-0.2, 0) is 6.42 Å². The van der Waals surface area contributed by atoms with Gasteiger partial charge in [0.2, 0.25) is 0 Å². The molecule has 2 aromatic rings. The second kappa shape index (κ2) is 6.97. The van der Waals surface area contributed by atoms with Gasteiger partial charge in [0, 0.05) is 32.8 Å². The maximum atomic E-state index is 14.2. The lowest BCUT2D eigenvalue weighted by Crippen LogP contribution is -2.23. The van der Waals surface area contributed by atoms with Crippen LogP contribution in [-0.4, -0.2) is 6.54 Å². The molecule has 0 amide bonds. The number of likely N-dealkylation sites (N-methyl/N-ethyl adjacent to an activating group) is 1. The monoisotopic (exact) mass is 405 g/mol. The summed E-state index contributed by atoms with van der Waals surface area (Å²) in [5.41, 5.74) is 0.709. The van der Waals surface area contributed by atoms with E-state index in [0.717, 1.165) is 17.4 Å². The van der Waals surface area contributed by atoms with E-state index in [1.807, 2.05) is 19.1 Å². The van der Waals surface area contributed by atoms with E-state index >= 15 is 0 Å². The predicted octanol–water partition coefficient (Wildman–Crippen LogP) is 5.31. The maximum absolute atomic E-state index is 14.2. The fraction of sp³-hybridized carbons (Fsp3) is 0.286. The van der Waals surface area contributed by atoms with Gasteiger partial charge in [0.05, 0.1) is 4.47 Å². The minimum absolute atomic E-state index is 0.00644. The number of thiophene rings is 1. The number of rotatable bonds is 5. The van der Waals surface area contributed by atoms with Crippen molar-refractivity contribution >= 4 is 43.2 Å². The first-order chi connectivity index (χ1) is 9.11. The van der Waals surface area contributed by atoms with Gasteiger partial charge in [0.1, 0.15) is 5.82 Å². The van der Waals surface area contributed by atoms with E-state index in [9.17, 15) is 4.39 Å². The molecule has 0 aliphatic heterocycles. The van der Waals surface area contributed by atoms with Crippen LogP contribution in [0.2, 0.25) is 0 Å². The number of halogens is 3. The average Bonchev–Trinajstić information content (AvgIpc) is 2.78. The summed E-state index contributed by atoms with van der Waals surface area (Å²) in [6, 6.07) is 7.52. The molecule has 1 unspecified atom stereocenters. The fourth-order valence-corrected chi connectivity index (χ4v) is 3.87. The van der Waals surface area contributed by atoms with Crippen LogP contribution in [0.1, 0.15) is 23.4 Å². The predicted molar refractivity (Wildman–Crippen MR) is 86.2 cm³/mol. The lowest BCUT2D eigenvalue weighted by atomic mass is 10.0. The highest BCUT2D eigenvalue weighted by molar-refractivity contribution is 9.10. The second-order valence-electron chi connectivity index (χ2n) is 4.19. The zero-order chi connectivity index (χ0) is 13.8. The van der Waals surface area contributed by atoms with Gasteiger partial charge in [-0.25, -0.2) is 4.39 Å². The third kappa shape index (κ3) is 3.88. The third-order valence-corrected chi connectivity index (χ3v) is 5.17. The summed E-state index contributed by atoms with van der Waals surface area (Å²) in [6.07, 6.45) is 0.789. The van der Waals surface area contributed by atoms with Crippen molar-refractivity contribution in [2.45, 2.75) is 19.4 Å². The van der Waals surface area contributed by atoms with Gasteiger partial charge in [-0.2, -0.15) is 0 Å². The minimum Gasteiger partial charge on any atom is -0.310 e. The van der Waals surface area contributed by atoms with Gasteiger partial charge in [-0.15, -0.1) is 11.3 Å². The molecule has 5 heteroatoms.